The Labute approximate surface area is 86.7 Å². The third kappa shape index (κ3) is 2.28. The number of alkyl halides is 3. The molecule has 0 spiro atoms. The lowest BCUT2D eigenvalue weighted by molar-refractivity contribution is 0.141. The number of rotatable bonds is 2. The van der Waals surface area contributed by atoms with Gasteiger partial charge < -0.3 is 5.11 Å². The van der Waals surface area contributed by atoms with Gasteiger partial charge in [-0.25, -0.2) is 13.8 Å². The van der Waals surface area contributed by atoms with E-state index >= 15 is 0 Å². The molecule has 0 unspecified atom stereocenters. The SMILES string of the molecule is Oc1c(CCl)cc(Br)nc1C(F)F. The molecule has 0 fully saturated rings. The van der Waals surface area contributed by atoms with E-state index in [0.29, 0.717) is 0 Å². The minimum absolute atomic E-state index is 0.0350. The summed E-state index contributed by atoms with van der Waals surface area (Å²) in [6, 6.07) is 1.40. The minimum Gasteiger partial charge on any atom is -0.505 e. The van der Waals surface area contributed by atoms with Crippen molar-refractivity contribution >= 4 is 27.5 Å². The Bertz CT molecular complexity index is 322. The Balaban J connectivity index is 3.27. The van der Waals surface area contributed by atoms with Gasteiger partial charge in [-0.1, -0.05) is 0 Å². The molecule has 1 rings (SSSR count). The first-order valence-electron chi connectivity index (χ1n) is 3.28. The highest BCUT2D eigenvalue weighted by Crippen LogP contribution is 2.32. The van der Waals surface area contributed by atoms with Crippen LogP contribution in [0.2, 0.25) is 0 Å². The highest BCUT2D eigenvalue weighted by Gasteiger charge is 2.18. The van der Waals surface area contributed by atoms with Crippen molar-refractivity contribution in [1.29, 1.82) is 0 Å². The van der Waals surface area contributed by atoms with Crippen LogP contribution >= 0.6 is 27.5 Å². The summed E-state index contributed by atoms with van der Waals surface area (Å²) in [5, 5.41) is 9.24. The molecule has 0 aliphatic rings. The van der Waals surface area contributed by atoms with Gasteiger partial charge in [0, 0.05) is 5.56 Å². The maximum Gasteiger partial charge on any atom is 0.284 e. The Kier molecular flexibility index (Phi) is 3.44. The zero-order valence-corrected chi connectivity index (χ0v) is 8.61. The fourth-order valence-corrected chi connectivity index (χ4v) is 1.50. The van der Waals surface area contributed by atoms with Crippen molar-refractivity contribution < 1.29 is 13.9 Å². The lowest BCUT2D eigenvalue weighted by atomic mass is 10.2. The van der Waals surface area contributed by atoms with E-state index in [2.05, 4.69) is 20.9 Å². The van der Waals surface area contributed by atoms with Gasteiger partial charge in [-0.2, -0.15) is 0 Å². The molecule has 0 bridgehead atoms. The van der Waals surface area contributed by atoms with Gasteiger partial charge in [0.05, 0.1) is 5.88 Å². The number of pyridine rings is 1. The highest BCUT2D eigenvalue weighted by molar-refractivity contribution is 9.10. The number of hydrogen-bond donors (Lipinski definition) is 1. The Morgan fingerprint density at radius 1 is 1.62 bits per heavy atom. The molecule has 72 valence electrons. The van der Waals surface area contributed by atoms with E-state index in [1.165, 1.54) is 6.07 Å². The third-order valence-corrected chi connectivity index (χ3v) is 2.11. The largest absolute Gasteiger partial charge is 0.505 e. The number of nitrogens with zero attached hydrogens (tertiary/aromatic N) is 1. The molecule has 0 saturated heterocycles. The average Bonchev–Trinajstić information content (AvgIpc) is 2.08. The van der Waals surface area contributed by atoms with E-state index in [1.807, 2.05) is 0 Å². The van der Waals surface area contributed by atoms with Crippen LogP contribution in [0.25, 0.3) is 0 Å². The van der Waals surface area contributed by atoms with Crippen molar-refractivity contribution in [1.82, 2.24) is 4.98 Å². The maximum atomic E-state index is 12.2. The first-order valence-corrected chi connectivity index (χ1v) is 4.61. The number of aromatic hydroxyl groups is 1. The Morgan fingerprint density at radius 2 is 2.23 bits per heavy atom. The molecule has 0 radical (unpaired) electrons. The van der Waals surface area contributed by atoms with Gasteiger partial charge in [0.1, 0.15) is 16.0 Å². The van der Waals surface area contributed by atoms with Crippen LogP contribution < -0.4 is 0 Å². The Hall–Kier alpha value is -0.420. The molecule has 0 atom stereocenters. The van der Waals surface area contributed by atoms with E-state index in [4.69, 9.17) is 11.6 Å². The van der Waals surface area contributed by atoms with Gasteiger partial charge in [-0.15, -0.1) is 11.6 Å². The first-order chi connectivity index (χ1) is 6.06. The van der Waals surface area contributed by atoms with E-state index < -0.39 is 17.9 Å². The molecule has 13 heavy (non-hydrogen) atoms. The topological polar surface area (TPSA) is 33.1 Å². The summed E-state index contributed by atoms with van der Waals surface area (Å²) in [5.41, 5.74) is -0.413. The highest BCUT2D eigenvalue weighted by atomic mass is 79.9. The molecule has 0 amide bonds. The second-order valence-corrected chi connectivity index (χ2v) is 3.35. The van der Waals surface area contributed by atoms with Crippen molar-refractivity contribution in [3.8, 4) is 5.75 Å². The second kappa shape index (κ2) is 4.19. The van der Waals surface area contributed by atoms with Crippen LogP contribution in [0, 0.1) is 0 Å². The molecular weight excluding hydrogens is 267 g/mol. The van der Waals surface area contributed by atoms with E-state index in [9.17, 15) is 13.9 Å². The summed E-state index contributed by atoms with van der Waals surface area (Å²) in [6.07, 6.45) is -2.81. The Morgan fingerprint density at radius 3 is 2.69 bits per heavy atom. The van der Waals surface area contributed by atoms with Gasteiger partial charge in [0.2, 0.25) is 0 Å². The van der Waals surface area contributed by atoms with E-state index in [-0.39, 0.29) is 16.0 Å². The predicted molar refractivity (Wildman–Crippen MR) is 48.1 cm³/mol. The van der Waals surface area contributed by atoms with E-state index in [0.717, 1.165) is 0 Å². The molecule has 0 aliphatic carbocycles. The molecule has 1 heterocycles. The lowest BCUT2D eigenvalue weighted by Gasteiger charge is -2.06. The molecule has 0 aromatic carbocycles. The number of aromatic nitrogens is 1. The van der Waals surface area contributed by atoms with Crippen LogP contribution in [0.1, 0.15) is 17.7 Å². The minimum atomic E-state index is -2.81. The molecular formula is C7H5BrClF2NO. The molecule has 1 N–H and O–H groups in total. The van der Waals surface area contributed by atoms with Crippen LogP contribution in [-0.2, 0) is 5.88 Å². The monoisotopic (exact) mass is 271 g/mol. The van der Waals surface area contributed by atoms with Gasteiger partial charge in [0.15, 0.2) is 0 Å². The maximum absolute atomic E-state index is 12.2. The van der Waals surface area contributed by atoms with Crippen LogP contribution in [0.3, 0.4) is 0 Å². The fourth-order valence-electron chi connectivity index (χ4n) is 0.831. The fraction of sp³-hybridized carbons (Fsp3) is 0.286. The standard InChI is InChI=1S/C7H5BrClF2NO/c8-4-1-3(2-9)6(13)5(12-4)7(10)11/h1,7,13H,2H2. The summed E-state index contributed by atoms with van der Waals surface area (Å²) in [4.78, 5) is 3.44. The van der Waals surface area contributed by atoms with Gasteiger partial charge >= 0.3 is 0 Å². The van der Waals surface area contributed by atoms with Crippen molar-refractivity contribution in [3.05, 3.63) is 21.9 Å². The van der Waals surface area contributed by atoms with E-state index in [1.54, 1.807) is 0 Å². The lowest BCUT2D eigenvalue weighted by Crippen LogP contribution is -1.95. The molecule has 1 aromatic heterocycles. The van der Waals surface area contributed by atoms with Crippen LogP contribution in [0.4, 0.5) is 8.78 Å². The van der Waals surface area contributed by atoms with Crippen molar-refractivity contribution in [2.45, 2.75) is 12.3 Å². The number of halogens is 4. The van der Waals surface area contributed by atoms with Crippen LogP contribution in [0.5, 0.6) is 5.75 Å². The van der Waals surface area contributed by atoms with Gasteiger partial charge in [0.25, 0.3) is 6.43 Å². The third-order valence-electron chi connectivity index (χ3n) is 1.42. The molecule has 0 aliphatic heterocycles. The smallest absolute Gasteiger partial charge is 0.284 e. The number of hydrogen-bond acceptors (Lipinski definition) is 2. The first kappa shape index (κ1) is 10.7. The second-order valence-electron chi connectivity index (χ2n) is 2.27. The molecule has 0 saturated carbocycles. The van der Waals surface area contributed by atoms with Gasteiger partial charge in [-0.3, -0.25) is 0 Å². The summed E-state index contributed by atoms with van der Waals surface area (Å²) in [6.45, 7) is 0. The van der Waals surface area contributed by atoms with Gasteiger partial charge in [-0.05, 0) is 22.0 Å². The normalized spacial score (nSPS) is 10.8. The van der Waals surface area contributed by atoms with Crippen molar-refractivity contribution in [2.75, 3.05) is 0 Å². The van der Waals surface area contributed by atoms with Crippen LogP contribution in [0.15, 0.2) is 10.7 Å². The molecule has 2 nitrogen and oxygen atoms in total. The molecule has 6 heteroatoms. The summed E-state index contributed by atoms with van der Waals surface area (Å²) >= 11 is 8.37. The average molecular weight is 272 g/mol. The van der Waals surface area contributed by atoms with Crippen molar-refractivity contribution in [3.63, 3.8) is 0 Å². The predicted octanol–water partition coefficient (Wildman–Crippen LogP) is 3.23. The zero-order chi connectivity index (χ0) is 10.0. The summed E-state index contributed by atoms with van der Waals surface area (Å²) < 4.78 is 24.7. The summed E-state index contributed by atoms with van der Waals surface area (Å²) in [7, 11) is 0. The van der Waals surface area contributed by atoms with Crippen molar-refractivity contribution in [2.24, 2.45) is 0 Å². The summed E-state index contributed by atoms with van der Waals surface area (Å²) in [5.74, 6) is -0.569. The molecule has 1 aromatic rings. The zero-order valence-electron chi connectivity index (χ0n) is 6.27. The quantitative estimate of drug-likeness (QED) is 0.662. The van der Waals surface area contributed by atoms with Crippen LogP contribution in [-0.4, -0.2) is 10.1 Å².